The molecule has 1 aromatic heterocycles. The van der Waals surface area contributed by atoms with Crippen LogP contribution in [0.15, 0.2) is 34.7 Å². The predicted octanol–water partition coefficient (Wildman–Crippen LogP) is 6.13. The zero-order valence-electron chi connectivity index (χ0n) is 12.4. The van der Waals surface area contributed by atoms with Gasteiger partial charge in [-0.15, -0.1) is 0 Å². The first-order chi connectivity index (χ1) is 9.96. The third kappa shape index (κ3) is 3.65. The summed E-state index contributed by atoms with van der Waals surface area (Å²) in [4.78, 5) is 5.71. The Balaban J connectivity index is 2.51. The molecule has 0 aliphatic heterocycles. The summed E-state index contributed by atoms with van der Waals surface area (Å²) in [6.45, 7) is 11.1. The second kappa shape index (κ2) is 6.91. The van der Waals surface area contributed by atoms with Gasteiger partial charge >= 0.3 is 0 Å². The van der Waals surface area contributed by atoms with Crippen LogP contribution in [0.2, 0.25) is 10.0 Å². The quantitative estimate of drug-likeness (QED) is 0.651. The van der Waals surface area contributed by atoms with E-state index in [1.807, 2.05) is 12.1 Å². The van der Waals surface area contributed by atoms with Crippen molar-refractivity contribution in [3.05, 3.63) is 46.3 Å². The number of halogens is 2. The highest BCUT2D eigenvalue weighted by atomic mass is 35.5. The van der Waals surface area contributed by atoms with Crippen molar-refractivity contribution in [2.75, 3.05) is 0 Å². The summed E-state index contributed by atoms with van der Waals surface area (Å²) in [6, 6.07) is 5.58. The molecule has 5 heteroatoms. The van der Waals surface area contributed by atoms with Gasteiger partial charge in [-0.1, -0.05) is 55.4 Å². The van der Waals surface area contributed by atoms with E-state index in [0.29, 0.717) is 16.0 Å². The number of rotatable bonds is 5. The van der Waals surface area contributed by atoms with Gasteiger partial charge in [0.05, 0.1) is 5.69 Å². The fourth-order valence-electron chi connectivity index (χ4n) is 2.12. The zero-order valence-corrected chi connectivity index (χ0v) is 14.7. The van der Waals surface area contributed by atoms with E-state index in [4.69, 9.17) is 28.2 Å². The highest BCUT2D eigenvalue weighted by Gasteiger charge is 2.18. The first-order valence-corrected chi connectivity index (χ1v) is 8.40. The van der Waals surface area contributed by atoms with Crippen molar-refractivity contribution < 1.29 is 0 Å². The molecule has 2 aromatic rings. The molecule has 2 nitrogen and oxygen atoms in total. The molecule has 0 bridgehead atoms. The van der Waals surface area contributed by atoms with Gasteiger partial charge < -0.3 is 4.57 Å². The van der Waals surface area contributed by atoms with Gasteiger partial charge in [-0.25, -0.2) is 4.98 Å². The third-order valence-electron chi connectivity index (χ3n) is 3.07. The number of benzene rings is 1. The van der Waals surface area contributed by atoms with Gasteiger partial charge in [-0.3, -0.25) is 0 Å². The van der Waals surface area contributed by atoms with Crippen molar-refractivity contribution in [2.24, 2.45) is 0 Å². The minimum atomic E-state index is 0.341. The maximum Gasteiger partial charge on any atom is 0.133 e. The topological polar surface area (TPSA) is 17.8 Å². The lowest BCUT2D eigenvalue weighted by molar-refractivity contribution is 0.678. The molecule has 1 heterocycles. The van der Waals surface area contributed by atoms with Gasteiger partial charge in [0.25, 0.3) is 0 Å². The fourth-order valence-corrected chi connectivity index (χ4v) is 4.09. The van der Waals surface area contributed by atoms with Gasteiger partial charge in [0, 0.05) is 21.5 Å². The monoisotopic (exact) mass is 340 g/mol. The molecule has 0 fully saturated rings. The highest BCUT2D eigenvalue weighted by molar-refractivity contribution is 7.99. The van der Waals surface area contributed by atoms with Crippen LogP contribution in [-0.2, 0) is 6.54 Å². The highest BCUT2D eigenvalue weighted by Crippen LogP contribution is 2.37. The van der Waals surface area contributed by atoms with Crippen molar-refractivity contribution in [3.63, 3.8) is 0 Å². The molecular weight excluding hydrogens is 323 g/mol. The number of hydrogen-bond acceptors (Lipinski definition) is 2. The van der Waals surface area contributed by atoms with Gasteiger partial charge in [-0.2, -0.15) is 0 Å². The predicted molar refractivity (Wildman–Crippen MR) is 92.7 cm³/mol. The van der Waals surface area contributed by atoms with Crippen LogP contribution in [0.25, 0.3) is 6.08 Å². The first-order valence-electron chi connectivity index (χ1n) is 6.83. The second-order valence-corrected chi connectivity index (χ2v) is 6.91. The molecule has 0 atom stereocenters. The molecule has 21 heavy (non-hydrogen) atoms. The molecule has 112 valence electrons. The fraction of sp³-hybridized carbons (Fsp3) is 0.312. The van der Waals surface area contributed by atoms with Gasteiger partial charge in [0.15, 0.2) is 0 Å². The van der Waals surface area contributed by atoms with Crippen molar-refractivity contribution in [1.82, 2.24) is 9.55 Å². The van der Waals surface area contributed by atoms with E-state index in [-0.39, 0.29) is 0 Å². The standard InChI is InChI=1S/C16H18Cl2N2S/c1-5-14-19-15(10(3)4)16(20(14)6-2)21-13-8-11(17)7-12(18)9-13/h5,7-10H,1,6H2,2-4H3. The average Bonchev–Trinajstić information content (AvgIpc) is 2.75. The molecule has 1 aromatic carbocycles. The maximum atomic E-state index is 6.09. The van der Waals surface area contributed by atoms with Gasteiger partial charge in [-0.05, 0) is 37.1 Å². The molecule has 0 saturated heterocycles. The van der Waals surface area contributed by atoms with Gasteiger partial charge in [0.1, 0.15) is 10.9 Å². The summed E-state index contributed by atoms with van der Waals surface area (Å²) in [5, 5.41) is 2.41. The SMILES string of the molecule is C=Cc1nc(C(C)C)c(Sc2cc(Cl)cc(Cl)c2)n1CC. The van der Waals surface area contributed by atoms with Gasteiger partial charge in [0.2, 0.25) is 0 Å². The van der Waals surface area contributed by atoms with E-state index in [9.17, 15) is 0 Å². The Bertz CT molecular complexity index is 642. The smallest absolute Gasteiger partial charge is 0.133 e. The molecule has 0 radical (unpaired) electrons. The van der Waals surface area contributed by atoms with Crippen molar-refractivity contribution in [3.8, 4) is 0 Å². The molecular formula is C16H18Cl2N2S. The second-order valence-electron chi connectivity index (χ2n) is 4.97. The van der Waals surface area contributed by atoms with Crippen molar-refractivity contribution in [1.29, 1.82) is 0 Å². The van der Waals surface area contributed by atoms with E-state index >= 15 is 0 Å². The molecule has 2 rings (SSSR count). The molecule has 0 aliphatic rings. The Morgan fingerprint density at radius 3 is 2.38 bits per heavy atom. The van der Waals surface area contributed by atoms with E-state index < -0.39 is 0 Å². The third-order valence-corrected chi connectivity index (χ3v) is 4.60. The normalized spacial score (nSPS) is 11.1. The van der Waals surface area contributed by atoms with E-state index in [2.05, 4.69) is 31.9 Å². The van der Waals surface area contributed by atoms with E-state index in [1.54, 1.807) is 23.9 Å². The Labute approximate surface area is 140 Å². The van der Waals surface area contributed by atoms with Crippen molar-refractivity contribution >= 4 is 41.0 Å². The summed E-state index contributed by atoms with van der Waals surface area (Å²) in [7, 11) is 0. The lowest BCUT2D eigenvalue weighted by Crippen LogP contribution is -1.99. The molecule has 0 saturated carbocycles. The summed E-state index contributed by atoms with van der Waals surface area (Å²) in [5.41, 5.74) is 1.08. The Morgan fingerprint density at radius 2 is 1.90 bits per heavy atom. The Hall–Kier alpha value is -0.900. The minimum absolute atomic E-state index is 0.341. The van der Waals surface area contributed by atoms with Crippen LogP contribution >= 0.6 is 35.0 Å². The van der Waals surface area contributed by atoms with Crippen LogP contribution < -0.4 is 0 Å². The summed E-state index contributed by atoms with van der Waals surface area (Å²) < 4.78 is 2.17. The van der Waals surface area contributed by atoms with Crippen LogP contribution in [0.1, 0.15) is 38.2 Å². The summed E-state index contributed by atoms with van der Waals surface area (Å²) in [5.74, 6) is 1.24. The summed E-state index contributed by atoms with van der Waals surface area (Å²) >= 11 is 13.8. The molecule has 0 unspecified atom stereocenters. The van der Waals surface area contributed by atoms with Crippen molar-refractivity contribution in [2.45, 2.75) is 43.2 Å². The number of nitrogens with zero attached hydrogens (tertiary/aromatic N) is 2. The number of aromatic nitrogens is 2. The molecule has 0 amide bonds. The zero-order chi connectivity index (χ0) is 15.6. The van der Waals surface area contributed by atoms with Crippen LogP contribution in [0.3, 0.4) is 0 Å². The molecule has 0 spiro atoms. The Kier molecular flexibility index (Phi) is 5.42. The van der Waals surface area contributed by atoms with Crippen LogP contribution in [0.4, 0.5) is 0 Å². The van der Waals surface area contributed by atoms with E-state index in [1.165, 1.54) is 0 Å². The summed E-state index contributed by atoms with van der Waals surface area (Å²) in [6.07, 6.45) is 1.80. The minimum Gasteiger partial charge on any atom is -0.319 e. The lowest BCUT2D eigenvalue weighted by Gasteiger charge is -2.11. The largest absolute Gasteiger partial charge is 0.319 e. The number of imidazole rings is 1. The maximum absolute atomic E-state index is 6.09. The first kappa shape index (κ1) is 16.5. The van der Waals surface area contributed by atoms with Crippen LogP contribution in [0, 0.1) is 0 Å². The van der Waals surface area contributed by atoms with E-state index in [0.717, 1.165) is 28.0 Å². The lowest BCUT2D eigenvalue weighted by atomic mass is 10.1. The average molecular weight is 341 g/mol. The number of hydrogen-bond donors (Lipinski definition) is 0. The molecule has 0 aliphatic carbocycles. The Morgan fingerprint density at radius 1 is 1.29 bits per heavy atom. The van der Waals surface area contributed by atoms with Crippen LogP contribution in [-0.4, -0.2) is 9.55 Å². The molecule has 0 N–H and O–H groups in total. The van der Waals surface area contributed by atoms with Crippen LogP contribution in [0.5, 0.6) is 0 Å².